The summed E-state index contributed by atoms with van der Waals surface area (Å²) >= 11 is 0. The number of amides is 2. The van der Waals surface area contributed by atoms with Gasteiger partial charge in [0.05, 0.1) is 5.69 Å². The Hall–Kier alpha value is -2.57. The predicted molar refractivity (Wildman–Crippen MR) is 92.6 cm³/mol. The number of para-hydroxylation sites is 2. The van der Waals surface area contributed by atoms with Gasteiger partial charge in [-0.25, -0.2) is 0 Å². The molecule has 0 radical (unpaired) electrons. The van der Waals surface area contributed by atoms with Gasteiger partial charge >= 0.3 is 5.97 Å². The lowest BCUT2D eigenvalue weighted by molar-refractivity contribution is -0.138. The fraction of sp³-hybridized carbons (Fsp3) is 0.500. The normalized spacial score (nSPS) is 16.8. The smallest absolute Gasteiger partial charge is 0.303 e. The Morgan fingerprint density at radius 2 is 1.96 bits per heavy atom. The lowest BCUT2D eigenvalue weighted by Crippen LogP contribution is -2.48. The lowest BCUT2D eigenvalue weighted by Gasteiger charge is -2.33. The number of nitrogens with zero attached hydrogens (tertiary/aromatic N) is 1. The fourth-order valence-corrected chi connectivity index (χ4v) is 2.72. The van der Waals surface area contributed by atoms with Crippen LogP contribution in [0.2, 0.25) is 0 Å². The summed E-state index contributed by atoms with van der Waals surface area (Å²) in [6.45, 7) is 5.49. The molecule has 0 aromatic heterocycles. The van der Waals surface area contributed by atoms with Gasteiger partial charge in [-0.05, 0) is 39.3 Å². The molecule has 0 bridgehead atoms. The Balaban J connectivity index is 1.97. The second kappa shape index (κ2) is 7.55. The number of aliphatic carboxylic acids is 1. The predicted octanol–water partition coefficient (Wildman–Crippen LogP) is 1.95. The fourth-order valence-electron chi connectivity index (χ4n) is 2.72. The van der Waals surface area contributed by atoms with Crippen LogP contribution in [-0.2, 0) is 14.4 Å². The average molecular weight is 348 g/mol. The molecule has 0 saturated heterocycles. The quantitative estimate of drug-likeness (QED) is 0.785. The number of carboxylic acids is 1. The van der Waals surface area contributed by atoms with Crippen molar-refractivity contribution in [2.75, 3.05) is 11.4 Å². The second-order valence-corrected chi connectivity index (χ2v) is 6.79. The number of carboxylic acid groups (broad SMARTS) is 1. The average Bonchev–Trinajstić information content (AvgIpc) is 2.53. The first-order valence-corrected chi connectivity index (χ1v) is 8.29. The van der Waals surface area contributed by atoms with E-state index in [4.69, 9.17) is 9.84 Å². The zero-order valence-electron chi connectivity index (χ0n) is 14.7. The minimum Gasteiger partial charge on any atom is -0.481 e. The Kier molecular flexibility index (Phi) is 5.66. The molecule has 7 heteroatoms. The van der Waals surface area contributed by atoms with Crippen molar-refractivity contribution in [2.24, 2.45) is 0 Å². The maximum absolute atomic E-state index is 12.4. The van der Waals surface area contributed by atoms with E-state index >= 15 is 0 Å². The molecule has 2 N–H and O–H groups in total. The molecule has 0 fully saturated rings. The number of benzene rings is 1. The summed E-state index contributed by atoms with van der Waals surface area (Å²) in [5, 5.41) is 11.6. The maximum Gasteiger partial charge on any atom is 0.303 e. The molecule has 1 unspecified atom stereocenters. The number of rotatable bonds is 7. The summed E-state index contributed by atoms with van der Waals surface area (Å²) in [6.07, 6.45) is -0.140. The molecule has 1 heterocycles. The van der Waals surface area contributed by atoms with Crippen molar-refractivity contribution in [2.45, 2.75) is 51.7 Å². The highest BCUT2D eigenvalue weighted by atomic mass is 16.5. The van der Waals surface area contributed by atoms with Crippen molar-refractivity contribution in [3.63, 3.8) is 0 Å². The first-order valence-electron chi connectivity index (χ1n) is 8.29. The van der Waals surface area contributed by atoms with Crippen LogP contribution < -0.4 is 15.0 Å². The van der Waals surface area contributed by atoms with Crippen LogP contribution in [-0.4, -0.2) is 41.1 Å². The van der Waals surface area contributed by atoms with Crippen LogP contribution in [0.25, 0.3) is 0 Å². The molecule has 136 valence electrons. The maximum atomic E-state index is 12.4. The van der Waals surface area contributed by atoms with Crippen molar-refractivity contribution >= 4 is 23.5 Å². The van der Waals surface area contributed by atoms with E-state index in [0.717, 1.165) is 0 Å². The van der Waals surface area contributed by atoms with Gasteiger partial charge in [-0.3, -0.25) is 14.4 Å². The van der Waals surface area contributed by atoms with Crippen molar-refractivity contribution < 1.29 is 24.2 Å². The number of fused-ring (bicyclic) bond motifs is 1. The van der Waals surface area contributed by atoms with Gasteiger partial charge in [0.1, 0.15) is 5.75 Å². The minimum absolute atomic E-state index is 0.0138. The number of nitrogens with one attached hydrogen (secondary N) is 1. The van der Waals surface area contributed by atoms with Crippen LogP contribution in [0, 0.1) is 0 Å². The van der Waals surface area contributed by atoms with Crippen LogP contribution in [0.4, 0.5) is 5.69 Å². The number of hydrogen-bond acceptors (Lipinski definition) is 4. The topological polar surface area (TPSA) is 95.9 Å². The van der Waals surface area contributed by atoms with Crippen molar-refractivity contribution in [1.82, 2.24) is 5.32 Å². The molecular formula is C18H24N2O5. The molecule has 0 aliphatic carbocycles. The lowest BCUT2D eigenvalue weighted by atomic mass is 9.98. The van der Waals surface area contributed by atoms with Gasteiger partial charge in [0, 0.05) is 24.9 Å². The molecule has 7 nitrogen and oxygen atoms in total. The Labute approximate surface area is 147 Å². The molecule has 1 atom stereocenters. The second-order valence-electron chi connectivity index (χ2n) is 6.79. The number of ether oxygens (including phenoxy) is 1. The molecule has 0 saturated carbocycles. The molecule has 25 heavy (non-hydrogen) atoms. The summed E-state index contributed by atoms with van der Waals surface area (Å²) in [5.41, 5.74) is 0.0407. The Morgan fingerprint density at radius 3 is 2.64 bits per heavy atom. The summed E-state index contributed by atoms with van der Waals surface area (Å²) in [4.78, 5) is 36.8. The molecule has 0 spiro atoms. The van der Waals surface area contributed by atoms with Gasteiger partial charge in [-0.1, -0.05) is 12.1 Å². The van der Waals surface area contributed by atoms with Crippen molar-refractivity contribution in [3.05, 3.63) is 24.3 Å². The van der Waals surface area contributed by atoms with Gasteiger partial charge in [0.15, 0.2) is 6.10 Å². The number of anilines is 1. The van der Waals surface area contributed by atoms with E-state index in [2.05, 4.69) is 5.32 Å². The Bertz CT molecular complexity index is 671. The van der Waals surface area contributed by atoms with E-state index in [-0.39, 0.29) is 31.2 Å². The Morgan fingerprint density at radius 1 is 1.28 bits per heavy atom. The third kappa shape index (κ3) is 4.95. The zero-order chi connectivity index (χ0) is 18.6. The molecule has 2 rings (SSSR count). The molecule has 1 aromatic carbocycles. The van der Waals surface area contributed by atoms with Crippen LogP contribution in [0.5, 0.6) is 5.75 Å². The first kappa shape index (κ1) is 18.8. The number of hydrogen-bond donors (Lipinski definition) is 2. The van der Waals surface area contributed by atoms with E-state index in [0.29, 0.717) is 17.9 Å². The molecule has 1 aliphatic heterocycles. The summed E-state index contributed by atoms with van der Waals surface area (Å²) in [7, 11) is 0. The molecular weight excluding hydrogens is 324 g/mol. The standard InChI is InChI=1S/C18H24N2O5/c1-12-17(24)20(13-6-4-5-7-14(13)25-12)11-9-15(21)19-18(2,3)10-8-16(22)23/h4-7,12H,8-11H2,1-3H3,(H,19,21)(H,22,23). The van der Waals surface area contributed by atoms with Crippen LogP contribution in [0.1, 0.15) is 40.0 Å². The van der Waals surface area contributed by atoms with E-state index in [1.54, 1.807) is 37.8 Å². The van der Waals surface area contributed by atoms with E-state index in [9.17, 15) is 14.4 Å². The van der Waals surface area contributed by atoms with Crippen molar-refractivity contribution in [1.29, 1.82) is 0 Å². The molecule has 2 amide bonds. The molecule has 1 aromatic rings. The zero-order valence-corrected chi connectivity index (χ0v) is 14.7. The molecule has 1 aliphatic rings. The van der Waals surface area contributed by atoms with E-state index in [1.165, 1.54) is 0 Å². The summed E-state index contributed by atoms with van der Waals surface area (Å²) in [5.74, 6) is -0.680. The summed E-state index contributed by atoms with van der Waals surface area (Å²) < 4.78 is 5.57. The third-order valence-electron chi connectivity index (χ3n) is 4.08. The van der Waals surface area contributed by atoms with Crippen LogP contribution in [0.3, 0.4) is 0 Å². The third-order valence-corrected chi connectivity index (χ3v) is 4.08. The van der Waals surface area contributed by atoms with Gasteiger partial charge in [0.2, 0.25) is 5.91 Å². The monoisotopic (exact) mass is 348 g/mol. The summed E-state index contributed by atoms with van der Waals surface area (Å²) in [6, 6.07) is 7.22. The van der Waals surface area contributed by atoms with E-state index in [1.807, 2.05) is 12.1 Å². The minimum atomic E-state index is -0.896. The highest BCUT2D eigenvalue weighted by Crippen LogP contribution is 2.33. The number of carbonyl (C=O) groups excluding carboxylic acids is 2. The SMILES string of the molecule is CC1Oc2ccccc2N(CCC(=O)NC(C)(C)CCC(=O)O)C1=O. The van der Waals surface area contributed by atoms with Crippen LogP contribution in [0.15, 0.2) is 24.3 Å². The van der Waals surface area contributed by atoms with Crippen molar-refractivity contribution in [3.8, 4) is 5.75 Å². The van der Waals surface area contributed by atoms with Gasteiger partial charge in [-0.2, -0.15) is 0 Å². The van der Waals surface area contributed by atoms with Gasteiger partial charge in [-0.15, -0.1) is 0 Å². The highest BCUT2D eigenvalue weighted by Gasteiger charge is 2.31. The number of carbonyl (C=O) groups is 3. The van der Waals surface area contributed by atoms with Crippen LogP contribution >= 0.6 is 0 Å². The van der Waals surface area contributed by atoms with Gasteiger partial charge in [0.25, 0.3) is 5.91 Å². The first-order chi connectivity index (χ1) is 11.7. The largest absolute Gasteiger partial charge is 0.481 e. The van der Waals surface area contributed by atoms with E-state index < -0.39 is 17.6 Å². The highest BCUT2D eigenvalue weighted by molar-refractivity contribution is 6.00. The van der Waals surface area contributed by atoms with Gasteiger partial charge < -0.3 is 20.1 Å².